The van der Waals surface area contributed by atoms with Crippen LogP contribution in [0.15, 0.2) is 182 Å². The minimum absolute atomic E-state index is 0.0262. The van der Waals surface area contributed by atoms with E-state index in [0.29, 0.717) is 71.3 Å². The van der Waals surface area contributed by atoms with Crippen molar-refractivity contribution in [3.63, 3.8) is 0 Å². The van der Waals surface area contributed by atoms with Gasteiger partial charge in [0.05, 0.1) is 56.7 Å². The van der Waals surface area contributed by atoms with Gasteiger partial charge in [-0.15, -0.1) is 0 Å². The molecule has 4 heterocycles. The fourth-order valence-corrected chi connectivity index (χ4v) is 11.6. The van der Waals surface area contributed by atoms with E-state index in [1.54, 1.807) is 55.6 Å². The van der Waals surface area contributed by atoms with Gasteiger partial charge in [-0.2, -0.15) is 0 Å². The van der Waals surface area contributed by atoms with E-state index >= 15 is 19.2 Å². The highest BCUT2D eigenvalue weighted by Gasteiger charge is 2.75. The Balaban J connectivity index is 1.17. The second kappa shape index (κ2) is 21.8. The van der Waals surface area contributed by atoms with Gasteiger partial charge >= 0.3 is 12.0 Å². The number of imide groups is 1. The highest BCUT2D eigenvalue weighted by atomic mass is 16.6. The third kappa shape index (κ3) is 9.54. The monoisotopic (exact) mass is 1030 g/mol. The quantitative estimate of drug-likeness (QED) is 0.0792. The number of anilines is 3. The van der Waals surface area contributed by atoms with Crippen LogP contribution in [0.2, 0.25) is 0 Å². The molecule has 7 unspecified atom stereocenters. The van der Waals surface area contributed by atoms with Crippen molar-refractivity contribution in [2.24, 2.45) is 5.92 Å². The molecule has 4 amide bonds. The number of benzene rings is 7. The number of carbonyl (C=O) groups excluding carboxylic acids is 4. The predicted molar refractivity (Wildman–Crippen MR) is 291 cm³/mol. The number of nitrogens with one attached hydrogen (secondary N) is 2. The van der Waals surface area contributed by atoms with E-state index in [2.05, 4.69) is 27.4 Å². The van der Waals surface area contributed by atoms with Gasteiger partial charge in [0.2, 0.25) is 11.8 Å². The largest absolute Gasteiger partial charge is 0.497 e. The van der Waals surface area contributed by atoms with Crippen molar-refractivity contribution in [3.8, 4) is 23.3 Å². The van der Waals surface area contributed by atoms with E-state index in [1.807, 2.05) is 145 Å². The van der Waals surface area contributed by atoms with E-state index < -0.39 is 65.4 Å². The number of aliphatic hydroxyl groups excluding tert-OH is 1. The number of ether oxygens (including phenoxy) is 4. The molecule has 7 aromatic rings. The lowest BCUT2D eigenvalue weighted by atomic mass is 9.65. The topological polar surface area (TPSA) is 159 Å². The van der Waals surface area contributed by atoms with Gasteiger partial charge in [-0.3, -0.25) is 19.3 Å². The fourth-order valence-electron chi connectivity index (χ4n) is 11.6. The molecule has 4 aliphatic heterocycles. The number of aliphatic hydroxyl groups is 1. The van der Waals surface area contributed by atoms with Crippen molar-refractivity contribution in [2.45, 2.75) is 42.6 Å². The summed E-state index contributed by atoms with van der Waals surface area (Å²) in [5.74, 6) is 3.93. The lowest BCUT2D eigenvalue weighted by molar-refractivity contribution is -0.177. The molecule has 4 aliphatic rings. The summed E-state index contributed by atoms with van der Waals surface area (Å²) in [5.41, 5.74) is 3.77. The molecular weight excluding hydrogens is 971 g/mol. The Bertz CT molecular complexity index is 3350. The van der Waals surface area contributed by atoms with Crippen molar-refractivity contribution >= 4 is 40.9 Å². The second-order valence-corrected chi connectivity index (χ2v) is 19.5. The minimum atomic E-state index is -2.07. The van der Waals surface area contributed by atoms with E-state index in [-0.39, 0.29) is 18.9 Å². The third-order valence-electron chi connectivity index (χ3n) is 15.1. The number of carbonyl (C=O) groups is 4. The van der Waals surface area contributed by atoms with E-state index in [4.69, 9.17) is 18.9 Å². The van der Waals surface area contributed by atoms with Crippen molar-refractivity contribution in [1.29, 1.82) is 0 Å². The molecule has 7 atom stereocenters. The molecule has 388 valence electrons. The number of morpholine rings is 2. The first kappa shape index (κ1) is 50.4. The zero-order chi connectivity index (χ0) is 53.0. The lowest BCUT2D eigenvalue weighted by Crippen LogP contribution is -2.55. The molecule has 14 heteroatoms. The number of hydrogen-bond acceptors (Lipinski definition) is 11. The summed E-state index contributed by atoms with van der Waals surface area (Å²) in [6.07, 6.45) is -0.936. The molecule has 0 aromatic heterocycles. The maximum absolute atomic E-state index is 16.9. The average Bonchev–Trinajstić information content (AvgIpc) is 4.10. The summed E-state index contributed by atoms with van der Waals surface area (Å²) >= 11 is 0. The number of cyclic esters (lactones) is 1. The molecule has 14 nitrogen and oxygen atoms in total. The molecular formula is C63H57N5O9. The molecule has 0 saturated carbocycles. The SMILES string of the molecule is COc1ccc(C#Cc2ccc3c(c2)C2(C(=O)N3C(=O)NC(C)c3ccccc3)C(C(=O)Nc3ccc(N4CCOCC4)cc3)C3C(=O)OC(c4ccccc4)C(c4ccccc4)N3C2c2cccc(OCCO)c2)cc1. The van der Waals surface area contributed by atoms with Crippen LogP contribution >= 0.6 is 0 Å². The standard InChI is InChI=1S/C63H57N5O9/c1-41(44-13-6-3-7-14-44)64-62(73)67-53-32-25-43(22-21-42-23-30-50(74-2)31-24-42)39-52(53)63(61(67)72)54(59(70)65-48-26-28-49(29-27-48)66-33-36-75-37-34-66)56-60(71)77-57(46-17-10-5-11-18-46)55(45-15-8-4-9-16-45)68(56)58(63)47-19-12-20-51(40-47)76-38-35-69/h3-20,23-32,39-41,54-58,69H,33-38H2,1-2H3,(H,64,73)(H,65,70). The fraction of sp³-hybridized carbons (Fsp3) is 0.238. The smallest absolute Gasteiger partial charge is 0.329 e. The van der Waals surface area contributed by atoms with Crippen molar-refractivity contribution < 1.29 is 43.2 Å². The molecule has 7 aromatic carbocycles. The molecule has 0 aliphatic carbocycles. The van der Waals surface area contributed by atoms with Crippen LogP contribution in [0.25, 0.3) is 0 Å². The molecule has 3 fully saturated rings. The summed E-state index contributed by atoms with van der Waals surface area (Å²) in [4.78, 5) is 69.5. The number of urea groups is 1. The molecule has 3 saturated heterocycles. The van der Waals surface area contributed by atoms with Gasteiger partial charge in [-0.25, -0.2) is 9.69 Å². The zero-order valence-electron chi connectivity index (χ0n) is 42.6. The summed E-state index contributed by atoms with van der Waals surface area (Å²) < 4.78 is 23.8. The minimum Gasteiger partial charge on any atom is -0.497 e. The summed E-state index contributed by atoms with van der Waals surface area (Å²) in [7, 11) is 1.59. The van der Waals surface area contributed by atoms with Crippen molar-refractivity contribution in [3.05, 3.63) is 221 Å². The molecule has 11 rings (SSSR count). The maximum atomic E-state index is 16.9. The second-order valence-electron chi connectivity index (χ2n) is 19.5. The Hall–Kier alpha value is -8.74. The van der Waals surface area contributed by atoms with Crippen molar-refractivity contribution in [1.82, 2.24) is 10.2 Å². The van der Waals surface area contributed by atoms with E-state index in [0.717, 1.165) is 21.7 Å². The Morgan fingerprint density at radius 3 is 2.06 bits per heavy atom. The number of amides is 4. The molecule has 0 radical (unpaired) electrons. The van der Waals surface area contributed by atoms with Gasteiger partial charge in [-0.05, 0) is 114 Å². The zero-order valence-corrected chi connectivity index (χ0v) is 42.6. The Morgan fingerprint density at radius 2 is 1.38 bits per heavy atom. The molecule has 1 spiro atoms. The third-order valence-corrected chi connectivity index (χ3v) is 15.1. The Morgan fingerprint density at radius 1 is 0.727 bits per heavy atom. The summed E-state index contributed by atoms with van der Waals surface area (Å²) in [6.45, 7) is 4.14. The van der Waals surface area contributed by atoms with Crippen LogP contribution in [0, 0.1) is 17.8 Å². The predicted octanol–water partition coefficient (Wildman–Crippen LogP) is 9.08. The normalized spacial score (nSPS) is 22.0. The van der Waals surface area contributed by atoms with Crippen LogP contribution in [0.4, 0.5) is 21.9 Å². The van der Waals surface area contributed by atoms with Gasteiger partial charge in [0.25, 0.3) is 0 Å². The number of rotatable bonds is 12. The Kier molecular flexibility index (Phi) is 14.3. The van der Waals surface area contributed by atoms with Gasteiger partial charge in [-0.1, -0.05) is 115 Å². The van der Waals surface area contributed by atoms with Crippen LogP contribution < -0.4 is 29.9 Å². The van der Waals surface area contributed by atoms with E-state index in [1.165, 1.54) is 0 Å². The van der Waals surface area contributed by atoms with Gasteiger partial charge in [0, 0.05) is 35.6 Å². The van der Waals surface area contributed by atoms with Gasteiger partial charge in [0.15, 0.2) is 0 Å². The maximum Gasteiger partial charge on any atom is 0.329 e. The molecule has 0 bridgehead atoms. The highest BCUT2D eigenvalue weighted by Crippen LogP contribution is 2.66. The lowest BCUT2D eigenvalue weighted by Gasteiger charge is -2.46. The van der Waals surface area contributed by atoms with Crippen molar-refractivity contribution in [2.75, 3.05) is 61.7 Å². The molecule has 77 heavy (non-hydrogen) atoms. The first-order valence-electron chi connectivity index (χ1n) is 25.8. The van der Waals surface area contributed by atoms with Gasteiger partial charge in [0.1, 0.15) is 35.7 Å². The first-order valence-corrected chi connectivity index (χ1v) is 25.8. The van der Waals surface area contributed by atoms with Crippen LogP contribution in [0.5, 0.6) is 11.5 Å². The number of fused-ring (bicyclic) bond motifs is 3. The van der Waals surface area contributed by atoms with E-state index in [9.17, 15) is 5.11 Å². The van der Waals surface area contributed by atoms with Crippen LogP contribution in [0.1, 0.15) is 70.1 Å². The first-order chi connectivity index (χ1) is 37.7. The summed E-state index contributed by atoms with van der Waals surface area (Å²) in [5, 5.41) is 16.2. The number of methoxy groups -OCH3 is 1. The number of nitrogens with zero attached hydrogens (tertiary/aromatic N) is 3. The Labute approximate surface area is 447 Å². The molecule has 3 N–H and O–H groups in total. The van der Waals surface area contributed by atoms with Crippen LogP contribution in [0.3, 0.4) is 0 Å². The number of esters is 1. The van der Waals surface area contributed by atoms with Gasteiger partial charge < -0.3 is 39.6 Å². The highest BCUT2D eigenvalue weighted by molar-refractivity contribution is 6.25. The van der Waals surface area contributed by atoms with Crippen LogP contribution in [-0.4, -0.2) is 86.5 Å². The van der Waals surface area contributed by atoms with Crippen LogP contribution in [-0.2, 0) is 29.3 Å². The average molecular weight is 1030 g/mol. The summed E-state index contributed by atoms with van der Waals surface area (Å²) in [6, 6.07) is 50.9. The number of hydrogen-bond donors (Lipinski definition) is 3.